The van der Waals surface area contributed by atoms with Crippen LogP contribution in [0.15, 0.2) is 66.9 Å². The van der Waals surface area contributed by atoms with Crippen molar-refractivity contribution in [2.24, 2.45) is 0 Å². The lowest BCUT2D eigenvalue weighted by Gasteiger charge is -2.05. The van der Waals surface area contributed by atoms with Gasteiger partial charge >= 0.3 is 0 Å². The van der Waals surface area contributed by atoms with E-state index in [2.05, 4.69) is 22.4 Å². The number of carbonyl (C=O) groups is 1. The minimum atomic E-state index is -0.0945. The van der Waals surface area contributed by atoms with Gasteiger partial charge in [-0.2, -0.15) is 5.10 Å². The van der Waals surface area contributed by atoms with Crippen molar-refractivity contribution in [2.45, 2.75) is 26.9 Å². The van der Waals surface area contributed by atoms with Crippen LogP contribution in [-0.2, 0) is 13.1 Å². The lowest BCUT2D eigenvalue weighted by Crippen LogP contribution is -2.22. The molecule has 2 heterocycles. The maximum atomic E-state index is 12.6. The molecule has 4 aromatic rings. The molecule has 1 amide bonds. The first-order valence-corrected chi connectivity index (χ1v) is 10.3. The highest BCUT2D eigenvalue weighted by Gasteiger charge is 2.16. The van der Waals surface area contributed by atoms with E-state index in [1.165, 1.54) is 16.9 Å². The zero-order valence-corrected chi connectivity index (χ0v) is 17.2. The van der Waals surface area contributed by atoms with Crippen LogP contribution in [0.4, 0.5) is 0 Å². The zero-order valence-electron chi connectivity index (χ0n) is 16.4. The van der Waals surface area contributed by atoms with Gasteiger partial charge in [-0.3, -0.25) is 9.48 Å². The summed E-state index contributed by atoms with van der Waals surface area (Å²) in [4.78, 5) is 17.6. The van der Waals surface area contributed by atoms with Crippen molar-refractivity contribution in [1.82, 2.24) is 20.1 Å². The van der Waals surface area contributed by atoms with Gasteiger partial charge in [0, 0.05) is 23.9 Å². The van der Waals surface area contributed by atoms with Gasteiger partial charge in [0.05, 0.1) is 22.9 Å². The van der Waals surface area contributed by atoms with Gasteiger partial charge in [-0.1, -0.05) is 60.7 Å². The number of nitrogens with one attached hydrogen (secondary N) is 1. The fourth-order valence-corrected chi connectivity index (χ4v) is 4.12. The number of amides is 1. The van der Waals surface area contributed by atoms with E-state index in [0.717, 1.165) is 27.5 Å². The molecular weight excluding hydrogens is 380 g/mol. The van der Waals surface area contributed by atoms with Gasteiger partial charge in [0.25, 0.3) is 5.91 Å². The van der Waals surface area contributed by atoms with Crippen molar-refractivity contribution in [3.05, 3.63) is 93.6 Å². The van der Waals surface area contributed by atoms with Crippen LogP contribution in [0.25, 0.3) is 11.3 Å². The smallest absolute Gasteiger partial charge is 0.263 e. The largest absolute Gasteiger partial charge is 0.347 e. The summed E-state index contributed by atoms with van der Waals surface area (Å²) in [5.74, 6) is -0.0945. The normalized spacial score (nSPS) is 10.8. The molecule has 0 aliphatic carbocycles. The second-order valence-corrected chi connectivity index (χ2v) is 8.09. The topological polar surface area (TPSA) is 59.8 Å². The van der Waals surface area contributed by atoms with Gasteiger partial charge in [0.1, 0.15) is 4.88 Å². The van der Waals surface area contributed by atoms with Crippen LogP contribution >= 0.6 is 11.3 Å². The molecule has 5 nitrogen and oxygen atoms in total. The lowest BCUT2D eigenvalue weighted by atomic mass is 10.1. The van der Waals surface area contributed by atoms with Crippen LogP contribution in [0.1, 0.15) is 31.5 Å². The Labute approximate surface area is 174 Å². The number of aromatic nitrogens is 3. The Bertz CT molecular complexity index is 1120. The minimum Gasteiger partial charge on any atom is -0.347 e. The monoisotopic (exact) mass is 402 g/mol. The second-order valence-electron chi connectivity index (χ2n) is 6.88. The van der Waals surface area contributed by atoms with E-state index in [9.17, 15) is 4.79 Å². The molecule has 0 bridgehead atoms. The lowest BCUT2D eigenvalue weighted by molar-refractivity contribution is 0.0954. The van der Waals surface area contributed by atoms with E-state index < -0.39 is 0 Å². The van der Waals surface area contributed by atoms with Crippen molar-refractivity contribution >= 4 is 17.2 Å². The SMILES string of the molecule is Cc1nc(C)c(C(=O)NCc2cn(Cc3ccccc3)nc2-c2ccccc2)s1. The molecule has 2 aromatic carbocycles. The Kier molecular flexibility index (Phi) is 5.53. The third-order valence-corrected chi connectivity index (χ3v) is 5.69. The Morgan fingerprint density at radius 1 is 1.03 bits per heavy atom. The predicted molar refractivity (Wildman–Crippen MR) is 116 cm³/mol. The molecule has 0 radical (unpaired) electrons. The first-order valence-electron chi connectivity index (χ1n) is 9.48. The fraction of sp³-hybridized carbons (Fsp3) is 0.174. The summed E-state index contributed by atoms with van der Waals surface area (Å²) in [5, 5.41) is 8.74. The zero-order chi connectivity index (χ0) is 20.2. The summed E-state index contributed by atoms with van der Waals surface area (Å²) < 4.78 is 1.93. The highest BCUT2D eigenvalue weighted by atomic mass is 32.1. The molecule has 0 spiro atoms. The molecule has 0 unspecified atom stereocenters. The number of thiazole rings is 1. The molecule has 0 aliphatic heterocycles. The van der Waals surface area contributed by atoms with Gasteiger partial charge in [-0.25, -0.2) is 4.98 Å². The van der Waals surface area contributed by atoms with Crippen molar-refractivity contribution in [3.63, 3.8) is 0 Å². The molecule has 0 atom stereocenters. The standard InChI is InChI=1S/C23H22N4OS/c1-16-22(29-17(2)25-16)23(28)24-13-20-15-27(14-18-9-5-3-6-10-18)26-21(20)19-11-7-4-8-12-19/h3-12,15H,13-14H2,1-2H3,(H,24,28). The van der Waals surface area contributed by atoms with Crippen LogP contribution in [-0.4, -0.2) is 20.7 Å². The summed E-state index contributed by atoms with van der Waals surface area (Å²) in [6, 6.07) is 20.3. The molecule has 0 aliphatic rings. The fourth-order valence-electron chi connectivity index (χ4n) is 3.28. The maximum absolute atomic E-state index is 12.6. The quantitative estimate of drug-likeness (QED) is 0.513. The number of aryl methyl sites for hydroxylation is 2. The molecule has 0 saturated heterocycles. The van der Waals surface area contributed by atoms with E-state index in [-0.39, 0.29) is 5.91 Å². The Morgan fingerprint density at radius 3 is 2.38 bits per heavy atom. The molecule has 4 rings (SSSR count). The number of carbonyl (C=O) groups excluding carboxylic acids is 1. The van der Waals surface area contributed by atoms with Crippen LogP contribution in [0, 0.1) is 13.8 Å². The number of hydrogen-bond donors (Lipinski definition) is 1. The summed E-state index contributed by atoms with van der Waals surface area (Å²) >= 11 is 1.42. The van der Waals surface area contributed by atoms with Crippen molar-refractivity contribution in [3.8, 4) is 11.3 Å². The van der Waals surface area contributed by atoms with E-state index >= 15 is 0 Å². The third kappa shape index (κ3) is 4.43. The average Bonchev–Trinajstić information content (AvgIpc) is 3.29. The Hall–Kier alpha value is -3.25. The highest BCUT2D eigenvalue weighted by Crippen LogP contribution is 2.23. The highest BCUT2D eigenvalue weighted by molar-refractivity contribution is 7.13. The van der Waals surface area contributed by atoms with Crippen LogP contribution in [0.2, 0.25) is 0 Å². The Balaban J connectivity index is 1.59. The summed E-state index contributed by atoms with van der Waals surface area (Å²) in [6.45, 7) is 4.87. The van der Waals surface area contributed by atoms with Gasteiger partial charge in [-0.15, -0.1) is 11.3 Å². The van der Waals surface area contributed by atoms with Crippen LogP contribution in [0.3, 0.4) is 0 Å². The average molecular weight is 403 g/mol. The van der Waals surface area contributed by atoms with E-state index in [0.29, 0.717) is 18.0 Å². The van der Waals surface area contributed by atoms with Gasteiger partial charge in [-0.05, 0) is 19.4 Å². The first kappa shape index (κ1) is 19.1. The van der Waals surface area contributed by atoms with E-state index in [1.807, 2.05) is 73.3 Å². The summed E-state index contributed by atoms with van der Waals surface area (Å²) in [5.41, 5.74) is 4.86. The number of benzene rings is 2. The molecular formula is C23H22N4OS. The van der Waals surface area contributed by atoms with Crippen molar-refractivity contribution in [1.29, 1.82) is 0 Å². The molecule has 0 fully saturated rings. The molecule has 6 heteroatoms. The van der Waals surface area contributed by atoms with Gasteiger partial charge < -0.3 is 5.32 Å². The maximum Gasteiger partial charge on any atom is 0.263 e. The molecule has 0 saturated carbocycles. The van der Waals surface area contributed by atoms with Gasteiger partial charge in [0.15, 0.2) is 0 Å². The van der Waals surface area contributed by atoms with Crippen molar-refractivity contribution < 1.29 is 4.79 Å². The minimum absolute atomic E-state index is 0.0945. The van der Waals surface area contributed by atoms with Crippen LogP contribution < -0.4 is 5.32 Å². The summed E-state index contributed by atoms with van der Waals surface area (Å²) in [6.07, 6.45) is 2.01. The van der Waals surface area contributed by atoms with E-state index in [4.69, 9.17) is 5.10 Å². The van der Waals surface area contributed by atoms with E-state index in [1.54, 1.807) is 0 Å². The number of hydrogen-bond acceptors (Lipinski definition) is 4. The van der Waals surface area contributed by atoms with Crippen molar-refractivity contribution in [2.75, 3.05) is 0 Å². The van der Waals surface area contributed by atoms with Gasteiger partial charge in [0.2, 0.25) is 0 Å². The summed E-state index contributed by atoms with van der Waals surface area (Å²) in [7, 11) is 0. The Morgan fingerprint density at radius 2 is 1.72 bits per heavy atom. The molecule has 1 N–H and O–H groups in total. The first-order chi connectivity index (χ1) is 14.1. The third-order valence-electron chi connectivity index (χ3n) is 4.62. The number of rotatable bonds is 6. The second kappa shape index (κ2) is 8.41. The van der Waals surface area contributed by atoms with Crippen LogP contribution in [0.5, 0.6) is 0 Å². The predicted octanol–water partition coefficient (Wildman–Crippen LogP) is 4.60. The molecule has 146 valence electrons. The molecule has 29 heavy (non-hydrogen) atoms. The number of nitrogens with zero attached hydrogens (tertiary/aromatic N) is 3. The molecule has 2 aromatic heterocycles.